The van der Waals surface area contributed by atoms with Crippen molar-refractivity contribution in [3.63, 3.8) is 0 Å². The van der Waals surface area contributed by atoms with Crippen LogP contribution < -0.4 is 6.15 Å². The largest absolute Gasteiger partial charge is 0.369 e. The average Bonchev–Trinajstić information content (AvgIpc) is 1.37. The zero-order chi connectivity index (χ0) is 3.41. The summed E-state index contributed by atoms with van der Waals surface area (Å²) < 4.78 is 2.92. The van der Waals surface area contributed by atoms with Gasteiger partial charge >= 0.3 is 34.7 Å². The molecule has 0 aromatic carbocycles. The third-order valence-electron chi connectivity index (χ3n) is 0.0447. The maximum absolute atomic E-state index is 7.33. The van der Waals surface area contributed by atoms with Crippen LogP contribution in [0, 0.1) is 0 Å². The Bertz CT molecular complexity index is 45.5. The first-order valence-electron chi connectivity index (χ1n) is 0.624. The standard InChI is InChI=1S/N3.H3N.Ti.H/c1-3-2;;;/h;1H3;;/q-1;;+1;-1/p+1. The first kappa shape index (κ1) is 8.88. The minimum atomic E-state index is 0. The van der Waals surface area contributed by atoms with E-state index in [0.717, 1.165) is 0 Å². The Morgan fingerprint density at radius 2 is 2.20 bits per heavy atom. The number of azide groups is 1. The van der Waals surface area contributed by atoms with E-state index < -0.39 is 0 Å². The molecule has 0 aliphatic heterocycles. The Balaban J connectivity index is -0.0000000450. The van der Waals surface area contributed by atoms with Crippen molar-refractivity contribution in [1.82, 2.24) is 6.15 Å². The second-order valence-corrected chi connectivity index (χ2v) is 0.502. The van der Waals surface area contributed by atoms with Gasteiger partial charge in [-0.15, -0.1) is 0 Å². The Hall–Kier alpha value is -0.0157. The topological polar surface area (TPSA) is 85.3 Å². The molecule has 0 radical (unpaired) electrons. The van der Waals surface area contributed by atoms with Gasteiger partial charge in [-0.3, -0.25) is 0 Å². The molecule has 0 unspecified atom stereocenters. The van der Waals surface area contributed by atoms with Gasteiger partial charge in [0.1, 0.15) is 0 Å². The molecule has 0 fully saturated rings. The summed E-state index contributed by atoms with van der Waals surface area (Å²) in [6, 6.07) is 0. The van der Waals surface area contributed by atoms with Crippen LogP contribution in [0.2, 0.25) is 0 Å². The molecule has 0 bridgehead atoms. The van der Waals surface area contributed by atoms with Crippen LogP contribution in [0.3, 0.4) is 0 Å². The summed E-state index contributed by atoms with van der Waals surface area (Å²) in [7, 11) is 0. The molecule has 0 aliphatic carbocycles. The number of hydrogen-bond donors (Lipinski definition) is 1. The number of nitrogens with zero attached hydrogens (tertiary/aromatic N) is 3. The molecule has 0 amide bonds. The van der Waals surface area contributed by atoms with E-state index in [1.165, 1.54) is 20.7 Å². The van der Waals surface area contributed by atoms with Crippen LogP contribution in [0.1, 0.15) is 1.43 Å². The Morgan fingerprint density at radius 1 is 2.00 bits per heavy atom. The fourth-order valence-electron chi connectivity index (χ4n) is 0. The number of rotatable bonds is 0. The SMILES string of the molecule is [H-].[N-]=[N+]=[N][Ti].[NH4+]. The number of hydrogen-bond acceptors (Lipinski definition) is 1. The van der Waals surface area contributed by atoms with E-state index in [-0.39, 0.29) is 7.58 Å². The molecule has 5 heavy (non-hydrogen) atoms. The Morgan fingerprint density at radius 3 is 2.20 bits per heavy atom. The van der Waals surface area contributed by atoms with Crippen LogP contribution in [0.5, 0.6) is 0 Å². The van der Waals surface area contributed by atoms with Crippen LogP contribution in [-0.4, -0.2) is 0 Å². The fourth-order valence-corrected chi connectivity index (χ4v) is 0. The molecule has 4 N–H and O–H groups in total. The Labute approximate surface area is 43.0 Å². The van der Waals surface area contributed by atoms with Crippen LogP contribution in [0.15, 0.2) is 3.60 Å². The minimum absolute atomic E-state index is 0. The second-order valence-electron chi connectivity index (χ2n) is 0.189. The van der Waals surface area contributed by atoms with Gasteiger partial charge in [-0.25, -0.2) is 0 Å². The van der Waals surface area contributed by atoms with Crippen LogP contribution in [-0.2, 0) is 20.7 Å². The summed E-state index contributed by atoms with van der Waals surface area (Å²) in [5.41, 5.74) is 7.33. The molecule has 0 heterocycles. The minimum Gasteiger partial charge on any atom is -0.369 e. The molecule has 0 spiro atoms. The first-order valence-corrected chi connectivity index (χ1v) is 1.32. The predicted octanol–water partition coefficient (Wildman–Crippen LogP) is 1.25. The van der Waals surface area contributed by atoms with Gasteiger partial charge in [-0.05, 0) is 0 Å². The molecule has 0 aliphatic rings. The first-order chi connectivity index (χ1) is 1.91. The summed E-state index contributed by atoms with van der Waals surface area (Å²) in [5.74, 6) is 0. The van der Waals surface area contributed by atoms with Gasteiger partial charge in [0, 0.05) is 0 Å². The summed E-state index contributed by atoms with van der Waals surface area (Å²) in [4.78, 5) is 2.36. The molecule has 0 saturated heterocycles. The maximum atomic E-state index is 7.33. The number of quaternary nitrogens is 1. The van der Waals surface area contributed by atoms with Crippen molar-refractivity contribution in [3.05, 3.63) is 10.4 Å². The van der Waals surface area contributed by atoms with Crippen molar-refractivity contribution < 1.29 is 22.1 Å². The van der Waals surface area contributed by atoms with Gasteiger partial charge < -0.3 is 7.58 Å². The van der Waals surface area contributed by atoms with Crippen LogP contribution >= 0.6 is 0 Å². The summed E-state index contributed by atoms with van der Waals surface area (Å²) in [6.45, 7) is 0. The van der Waals surface area contributed by atoms with Crippen molar-refractivity contribution in [3.8, 4) is 0 Å². The molecule has 5 heteroatoms. The van der Waals surface area contributed by atoms with E-state index in [2.05, 4.69) is 8.51 Å². The molecular weight excluding hydrogens is 104 g/mol. The molecule has 0 saturated carbocycles. The quantitative estimate of drug-likeness (QED) is 0.210. The Kier molecular flexibility index (Phi) is 16.0. The molecule has 0 rings (SSSR count). The fraction of sp³-hybridized carbons (Fsp3) is 0. The zero-order valence-electron chi connectivity index (χ0n) is 3.84. The van der Waals surface area contributed by atoms with E-state index in [0.29, 0.717) is 0 Å². The van der Waals surface area contributed by atoms with Crippen LogP contribution in [0.4, 0.5) is 0 Å². The van der Waals surface area contributed by atoms with Gasteiger partial charge in [0.2, 0.25) is 0 Å². The summed E-state index contributed by atoms with van der Waals surface area (Å²) >= 11 is 1.39. The average molecular weight is 109 g/mol. The van der Waals surface area contributed by atoms with Gasteiger partial charge in [-0.2, -0.15) is 0 Å². The summed E-state index contributed by atoms with van der Waals surface area (Å²) in [6.07, 6.45) is 0. The zero-order valence-corrected chi connectivity index (χ0v) is 4.40. The predicted molar refractivity (Wildman–Crippen MR) is 16.2 cm³/mol. The van der Waals surface area contributed by atoms with Gasteiger partial charge in [0.05, 0.1) is 0 Å². The molecule has 0 aromatic heterocycles. The van der Waals surface area contributed by atoms with E-state index in [1.54, 1.807) is 0 Å². The van der Waals surface area contributed by atoms with Gasteiger partial charge in [-0.1, -0.05) is 0 Å². The van der Waals surface area contributed by atoms with Crippen LogP contribution in [0.25, 0.3) is 10.4 Å². The van der Waals surface area contributed by atoms with E-state index >= 15 is 0 Å². The summed E-state index contributed by atoms with van der Waals surface area (Å²) in [5, 5.41) is 0. The van der Waals surface area contributed by atoms with Gasteiger partial charge in [0.25, 0.3) is 0 Å². The van der Waals surface area contributed by atoms with Crippen molar-refractivity contribution in [2.45, 2.75) is 0 Å². The smallest absolute Gasteiger partial charge is 0.369 e. The molecule has 4 nitrogen and oxygen atoms in total. The normalized spacial score (nSPS) is 3.00. The second kappa shape index (κ2) is 9.01. The van der Waals surface area contributed by atoms with Crippen molar-refractivity contribution in [2.75, 3.05) is 0 Å². The third-order valence-corrected chi connectivity index (χ3v) is 0.184. The van der Waals surface area contributed by atoms with Crippen molar-refractivity contribution in [1.29, 1.82) is 0 Å². The van der Waals surface area contributed by atoms with Gasteiger partial charge in [0.15, 0.2) is 0 Å². The molecule has 0 aromatic rings. The van der Waals surface area contributed by atoms with Crippen molar-refractivity contribution in [2.24, 2.45) is 3.60 Å². The molecule has 29 valence electrons. The molecular formula is H5N4Ti. The maximum Gasteiger partial charge on any atom is -0.369 e. The monoisotopic (exact) mass is 109 g/mol. The van der Waals surface area contributed by atoms with E-state index in [9.17, 15) is 0 Å². The third kappa shape index (κ3) is 16.2. The van der Waals surface area contributed by atoms with E-state index in [1.807, 2.05) is 0 Å². The van der Waals surface area contributed by atoms with Crippen molar-refractivity contribution >= 4 is 0 Å². The molecule has 0 atom stereocenters. The van der Waals surface area contributed by atoms with E-state index in [4.69, 9.17) is 5.53 Å².